The van der Waals surface area contributed by atoms with Crippen molar-refractivity contribution in [3.63, 3.8) is 0 Å². The molecule has 32 heavy (non-hydrogen) atoms. The van der Waals surface area contributed by atoms with E-state index in [2.05, 4.69) is 9.71 Å². The van der Waals surface area contributed by atoms with E-state index in [4.69, 9.17) is 9.84 Å². The summed E-state index contributed by atoms with van der Waals surface area (Å²) in [5, 5.41) is 25.0. The minimum atomic E-state index is -1.46. The highest BCUT2D eigenvalue weighted by Crippen LogP contribution is 2.34. The third-order valence-corrected chi connectivity index (χ3v) is 8.50. The molecule has 8 nitrogen and oxygen atoms in total. The Labute approximate surface area is 194 Å². The second-order valence-corrected chi connectivity index (χ2v) is 11.1. The molecule has 0 aliphatic heterocycles. The first kappa shape index (κ1) is 23.3. The molecule has 1 aliphatic rings. The number of aromatic nitrogens is 3. The fourth-order valence-electron chi connectivity index (χ4n) is 3.90. The fourth-order valence-corrected chi connectivity index (χ4v) is 6.17. The smallest absolute Gasteiger partial charge is 0.212 e. The van der Waals surface area contributed by atoms with Gasteiger partial charge in [0.1, 0.15) is 21.7 Å². The minimum Gasteiger partial charge on any atom is -0.495 e. The first-order valence-electron chi connectivity index (χ1n) is 10.8. The molecule has 10 heteroatoms. The molecule has 1 fully saturated rings. The van der Waals surface area contributed by atoms with Crippen LogP contribution in [-0.2, 0) is 16.4 Å². The lowest BCUT2D eigenvalue weighted by molar-refractivity contribution is 0.121. The number of aliphatic hydroxyl groups excluding tert-OH is 2. The van der Waals surface area contributed by atoms with E-state index in [-0.39, 0.29) is 18.8 Å². The number of hydrogen-bond donors (Lipinski definition) is 3. The monoisotopic (exact) mass is 478 g/mol. The van der Waals surface area contributed by atoms with Gasteiger partial charge in [0.2, 0.25) is 4.96 Å². The topological polar surface area (TPSA) is 109 Å². The Balaban J connectivity index is 1.70. The van der Waals surface area contributed by atoms with Crippen LogP contribution in [0.1, 0.15) is 50.2 Å². The van der Waals surface area contributed by atoms with Gasteiger partial charge in [0, 0.05) is 17.0 Å². The molecule has 0 spiro atoms. The Hall–Kier alpha value is -1.85. The van der Waals surface area contributed by atoms with Gasteiger partial charge in [-0.2, -0.15) is 5.10 Å². The lowest BCUT2D eigenvalue weighted by atomic mass is 9.94. The van der Waals surface area contributed by atoms with Crippen molar-refractivity contribution in [3.05, 3.63) is 28.9 Å². The van der Waals surface area contributed by atoms with Crippen LogP contribution >= 0.6 is 11.3 Å². The van der Waals surface area contributed by atoms with Gasteiger partial charge in [-0.05, 0) is 50.8 Å². The van der Waals surface area contributed by atoms with Crippen molar-refractivity contribution in [2.75, 3.05) is 13.7 Å². The van der Waals surface area contributed by atoms with Crippen LogP contribution < -0.4 is 9.46 Å². The highest BCUT2D eigenvalue weighted by molar-refractivity contribution is 7.83. The van der Waals surface area contributed by atoms with Crippen molar-refractivity contribution in [2.45, 2.75) is 68.9 Å². The Kier molecular flexibility index (Phi) is 6.69. The van der Waals surface area contributed by atoms with Crippen LogP contribution in [0.3, 0.4) is 0 Å². The molecule has 1 atom stereocenters. The highest BCUT2D eigenvalue weighted by atomic mass is 32.2. The fraction of sp³-hybridized carbons (Fsp3) is 0.545. The average Bonchev–Trinajstić information content (AvgIpc) is 3.32. The van der Waals surface area contributed by atoms with Crippen molar-refractivity contribution in [3.8, 4) is 17.0 Å². The number of nitrogens with zero attached hydrogens (tertiary/aromatic N) is 3. The first-order chi connectivity index (χ1) is 15.2. The predicted octanol–water partition coefficient (Wildman–Crippen LogP) is 2.96. The molecule has 2 aromatic heterocycles. The number of aryl methyl sites for hydroxylation is 1. The summed E-state index contributed by atoms with van der Waals surface area (Å²) in [5.74, 6) is 0.550. The maximum Gasteiger partial charge on any atom is 0.212 e. The molecule has 3 N–H and O–H groups in total. The summed E-state index contributed by atoms with van der Waals surface area (Å²) < 4.78 is 23.7. The van der Waals surface area contributed by atoms with Gasteiger partial charge in [-0.1, -0.05) is 25.2 Å². The summed E-state index contributed by atoms with van der Waals surface area (Å²) in [5.41, 5.74) is 2.05. The third-order valence-electron chi connectivity index (χ3n) is 5.96. The average molecular weight is 479 g/mol. The number of methoxy groups -OCH3 is 1. The predicted molar refractivity (Wildman–Crippen MR) is 126 cm³/mol. The Morgan fingerprint density at radius 3 is 2.69 bits per heavy atom. The van der Waals surface area contributed by atoms with E-state index < -0.39 is 16.4 Å². The molecule has 1 aromatic carbocycles. The molecule has 4 rings (SSSR count). The Morgan fingerprint density at radius 1 is 1.31 bits per heavy atom. The lowest BCUT2D eigenvalue weighted by Gasteiger charge is -2.26. The standard InChI is InChI=1S/C22H30N4O4S2/c1-13-19(26-21(23-13)31-20(24-26)22(2,3)12-27)14-5-10-17(30-4)18(11-14)32(29)25-15-6-8-16(28)9-7-15/h5,10-11,15-16,25,27-28H,6-9,12H2,1-4H3. The minimum absolute atomic E-state index is 0.00644. The Morgan fingerprint density at radius 2 is 2.03 bits per heavy atom. The summed E-state index contributed by atoms with van der Waals surface area (Å²) in [6, 6.07) is 5.70. The number of benzene rings is 1. The van der Waals surface area contributed by atoms with Crippen molar-refractivity contribution >= 4 is 27.3 Å². The van der Waals surface area contributed by atoms with Gasteiger partial charge in [-0.15, -0.1) is 0 Å². The second kappa shape index (κ2) is 9.18. The van der Waals surface area contributed by atoms with Crippen LogP contribution in [0, 0.1) is 6.92 Å². The summed E-state index contributed by atoms with van der Waals surface area (Å²) in [4.78, 5) is 5.99. The van der Waals surface area contributed by atoms with Gasteiger partial charge in [0.15, 0.2) is 0 Å². The molecule has 3 aromatic rings. The van der Waals surface area contributed by atoms with Crippen LogP contribution in [0.25, 0.3) is 16.2 Å². The van der Waals surface area contributed by atoms with Crippen molar-refractivity contribution in [1.82, 2.24) is 19.3 Å². The summed E-state index contributed by atoms with van der Waals surface area (Å²) >= 11 is 1.46. The quantitative estimate of drug-likeness (QED) is 0.482. The second-order valence-electron chi connectivity index (χ2n) is 8.95. The van der Waals surface area contributed by atoms with Crippen LogP contribution in [0.4, 0.5) is 0 Å². The Bertz CT molecular complexity index is 1130. The summed E-state index contributed by atoms with van der Waals surface area (Å²) in [6.07, 6.45) is 2.76. The van der Waals surface area contributed by atoms with Gasteiger partial charge in [0.25, 0.3) is 0 Å². The molecular weight excluding hydrogens is 448 g/mol. The molecule has 174 valence electrons. The molecule has 2 heterocycles. The molecule has 0 radical (unpaired) electrons. The SMILES string of the molecule is COc1ccc(-c2c(C)nc3sc(C(C)(C)CO)nn23)cc1S(=O)NC1CCC(O)CC1. The van der Waals surface area contributed by atoms with Gasteiger partial charge in [-0.3, -0.25) is 0 Å². The van der Waals surface area contributed by atoms with E-state index in [1.165, 1.54) is 11.3 Å². The zero-order chi connectivity index (χ0) is 23.0. The summed E-state index contributed by atoms with van der Waals surface area (Å²) in [7, 11) is 0.105. The van der Waals surface area contributed by atoms with Crippen molar-refractivity contribution in [2.24, 2.45) is 0 Å². The molecule has 1 unspecified atom stereocenters. The zero-order valence-corrected chi connectivity index (χ0v) is 20.4. The zero-order valence-electron chi connectivity index (χ0n) is 18.8. The number of fused-ring (bicyclic) bond motifs is 1. The molecule has 0 amide bonds. The summed E-state index contributed by atoms with van der Waals surface area (Å²) in [6.45, 7) is 5.82. The largest absolute Gasteiger partial charge is 0.495 e. The van der Waals surface area contributed by atoms with Crippen LogP contribution in [-0.4, -0.2) is 54.9 Å². The third kappa shape index (κ3) is 4.47. The highest BCUT2D eigenvalue weighted by Gasteiger charge is 2.27. The number of aliphatic hydroxyl groups is 2. The molecule has 0 saturated heterocycles. The number of hydrogen-bond acceptors (Lipinski definition) is 7. The van der Waals surface area contributed by atoms with Gasteiger partial charge in [-0.25, -0.2) is 18.4 Å². The number of imidazole rings is 1. The van der Waals surface area contributed by atoms with E-state index in [1.54, 1.807) is 11.6 Å². The van der Waals surface area contributed by atoms with E-state index in [0.717, 1.165) is 52.6 Å². The van der Waals surface area contributed by atoms with Gasteiger partial charge < -0.3 is 14.9 Å². The number of nitrogens with one attached hydrogen (secondary N) is 1. The van der Waals surface area contributed by atoms with Crippen molar-refractivity contribution in [1.29, 1.82) is 0 Å². The number of ether oxygens (including phenoxy) is 1. The van der Waals surface area contributed by atoms with Gasteiger partial charge >= 0.3 is 0 Å². The van der Waals surface area contributed by atoms with Crippen LogP contribution in [0.2, 0.25) is 0 Å². The maximum absolute atomic E-state index is 13.2. The van der Waals surface area contributed by atoms with Crippen molar-refractivity contribution < 1.29 is 19.2 Å². The normalized spacial score (nSPS) is 20.6. The van der Waals surface area contributed by atoms with E-state index >= 15 is 0 Å². The number of rotatable bonds is 7. The van der Waals surface area contributed by atoms with Crippen LogP contribution in [0.5, 0.6) is 5.75 Å². The first-order valence-corrected chi connectivity index (χ1v) is 12.7. The van der Waals surface area contributed by atoms with E-state index in [1.807, 2.05) is 39.0 Å². The maximum atomic E-state index is 13.2. The lowest BCUT2D eigenvalue weighted by Crippen LogP contribution is -2.35. The molecule has 1 saturated carbocycles. The van der Waals surface area contributed by atoms with Gasteiger partial charge in [0.05, 0.1) is 36.1 Å². The van der Waals surface area contributed by atoms with E-state index in [0.29, 0.717) is 10.6 Å². The van der Waals surface area contributed by atoms with E-state index in [9.17, 15) is 14.4 Å². The van der Waals surface area contributed by atoms with Crippen LogP contribution in [0.15, 0.2) is 23.1 Å². The molecular formula is C22H30N4O4S2. The molecule has 0 bridgehead atoms. The molecule has 1 aliphatic carbocycles.